The molecule has 0 radical (unpaired) electrons. The van der Waals surface area contributed by atoms with E-state index in [0.29, 0.717) is 10.8 Å². The molecule has 9 heteroatoms. The van der Waals surface area contributed by atoms with E-state index in [1.54, 1.807) is 24.3 Å². The summed E-state index contributed by atoms with van der Waals surface area (Å²) in [4.78, 5) is 11.5. The first-order valence-corrected chi connectivity index (χ1v) is 7.89. The van der Waals surface area contributed by atoms with E-state index in [4.69, 9.17) is 17.3 Å². The number of aromatic hydroxyl groups is 1. The Labute approximate surface area is 155 Å². The van der Waals surface area contributed by atoms with E-state index < -0.39 is 23.4 Å². The molecular weight excluding hydrogens is 383 g/mol. The maximum Gasteiger partial charge on any atom is 0.416 e. The van der Waals surface area contributed by atoms with Gasteiger partial charge in [-0.3, -0.25) is 4.79 Å². The summed E-state index contributed by atoms with van der Waals surface area (Å²) >= 11 is 5.89. The van der Waals surface area contributed by atoms with Gasteiger partial charge < -0.3 is 10.8 Å². The topological polar surface area (TPSA) is 88.0 Å². The molecule has 27 heavy (non-hydrogen) atoms. The Morgan fingerprint density at radius 3 is 2.44 bits per heavy atom. The third kappa shape index (κ3) is 3.70. The van der Waals surface area contributed by atoms with Gasteiger partial charge in [-0.25, -0.2) is 0 Å². The highest BCUT2D eigenvalue weighted by Crippen LogP contribution is 2.40. The largest absolute Gasteiger partial charge is 0.505 e. The number of amides is 1. The zero-order valence-electron chi connectivity index (χ0n) is 13.5. The van der Waals surface area contributed by atoms with Gasteiger partial charge in [0, 0.05) is 5.39 Å². The van der Waals surface area contributed by atoms with Gasteiger partial charge in [0.05, 0.1) is 16.1 Å². The van der Waals surface area contributed by atoms with Gasteiger partial charge in [0.1, 0.15) is 11.4 Å². The molecule has 0 aliphatic heterocycles. The minimum atomic E-state index is -4.57. The SMILES string of the molecule is NC(=O)c1cc2ccccc2c(/N=N/c2cc(C(F)(F)F)ccc2Cl)c1O. The lowest BCUT2D eigenvalue weighted by Gasteiger charge is -2.09. The van der Waals surface area contributed by atoms with Crippen LogP contribution in [0.5, 0.6) is 5.75 Å². The monoisotopic (exact) mass is 393 g/mol. The van der Waals surface area contributed by atoms with Crippen molar-refractivity contribution in [1.29, 1.82) is 0 Å². The second-order valence-corrected chi connectivity index (χ2v) is 5.98. The average molecular weight is 394 g/mol. The maximum absolute atomic E-state index is 12.9. The Morgan fingerprint density at radius 1 is 1.07 bits per heavy atom. The number of hydrogen-bond acceptors (Lipinski definition) is 4. The number of halogens is 4. The van der Waals surface area contributed by atoms with Crippen LogP contribution in [0.15, 0.2) is 58.8 Å². The molecule has 0 saturated carbocycles. The molecule has 0 unspecified atom stereocenters. The number of azo groups is 1. The number of benzene rings is 3. The smallest absolute Gasteiger partial charge is 0.416 e. The first kappa shape index (κ1) is 18.7. The van der Waals surface area contributed by atoms with Gasteiger partial charge in [-0.2, -0.15) is 13.2 Å². The molecule has 138 valence electrons. The highest BCUT2D eigenvalue weighted by Gasteiger charge is 2.31. The molecule has 3 rings (SSSR count). The summed E-state index contributed by atoms with van der Waals surface area (Å²) in [5.41, 5.74) is 3.79. The minimum Gasteiger partial charge on any atom is -0.505 e. The van der Waals surface area contributed by atoms with Crippen LogP contribution in [0.1, 0.15) is 15.9 Å². The zero-order valence-corrected chi connectivity index (χ0v) is 14.2. The molecule has 0 heterocycles. The van der Waals surface area contributed by atoms with Crippen molar-refractivity contribution in [2.75, 3.05) is 0 Å². The van der Waals surface area contributed by atoms with Crippen molar-refractivity contribution in [1.82, 2.24) is 0 Å². The van der Waals surface area contributed by atoms with Gasteiger partial charge in [0.2, 0.25) is 0 Å². The molecular formula is C18H11ClF3N3O2. The summed E-state index contributed by atoms with van der Waals surface area (Å²) in [7, 11) is 0. The van der Waals surface area contributed by atoms with Crippen LogP contribution >= 0.6 is 11.6 Å². The summed E-state index contributed by atoms with van der Waals surface area (Å²) in [5.74, 6) is -1.40. The molecule has 0 spiro atoms. The Kier molecular flexibility index (Phi) is 4.75. The summed E-state index contributed by atoms with van der Waals surface area (Å²) in [6.07, 6.45) is -4.57. The van der Waals surface area contributed by atoms with Crippen LogP contribution in [0.2, 0.25) is 5.02 Å². The van der Waals surface area contributed by atoms with E-state index in [0.717, 1.165) is 18.2 Å². The van der Waals surface area contributed by atoms with Crippen molar-refractivity contribution in [3.63, 3.8) is 0 Å². The normalized spacial score (nSPS) is 12.0. The predicted octanol–water partition coefficient (Wildman–Crippen LogP) is 5.73. The van der Waals surface area contributed by atoms with Crippen molar-refractivity contribution < 1.29 is 23.1 Å². The van der Waals surface area contributed by atoms with Gasteiger partial charge in [0.25, 0.3) is 5.91 Å². The number of nitrogens with zero attached hydrogens (tertiary/aromatic N) is 2. The molecule has 0 aromatic heterocycles. The van der Waals surface area contributed by atoms with Crippen LogP contribution in [0.3, 0.4) is 0 Å². The van der Waals surface area contributed by atoms with Crippen LogP contribution in [0.25, 0.3) is 10.8 Å². The van der Waals surface area contributed by atoms with E-state index in [2.05, 4.69) is 10.2 Å². The van der Waals surface area contributed by atoms with Crippen LogP contribution in [0.4, 0.5) is 24.5 Å². The van der Waals surface area contributed by atoms with Crippen molar-refractivity contribution in [3.8, 4) is 5.75 Å². The van der Waals surface area contributed by atoms with Crippen LogP contribution < -0.4 is 5.73 Å². The van der Waals surface area contributed by atoms with Crippen LogP contribution in [-0.2, 0) is 6.18 Å². The summed E-state index contributed by atoms with van der Waals surface area (Å²) < 4.78 is 38.6. The lowest BCUT2D eigenvalue weighted by molar-refractivity contribution is -0.137. The predicted molar refractivity (Wildman–Crippen MR) is 94.8 cm³/mol. The molecule has 0 atom stereocenters. The Balaban J connectivity index is 2.17. The van der Waals surface area contributed by atoms with Gasteiger partial charge in [-0.1, -0.05) is 35.9 Å². The standard InChI is InChI=1S/C18H11ClF3N3O2/c19-13-6-5-10(18(20,21)22)8-14(13)24-25-15-11-4-2-1-3-9(11)7-12(16(15)26)17(23)27/h1-8,26H,(H2,23,27)/b25-24+. The fourth-order valence-corrected chi connectivity index (χ4v) is 2.63. The quantitative estimate of drug-likeness (QED) is 0.556. The number of carbonyl (C=O) groups is 1. The van der Waals surface area contributed by atoms with Crippen molar-refractivity contribution in [2.24, 2.45) is 16.0 Å². The van der Waals surface area contributed by atoms with E-state index in [1.165, 1.54) is 6.07 Å². The Morgan fingerprint density at radius 2 is 1.78 bits per heavy atom. The number of nitrogens with two attached hydrogens (primary N) is 1. The van der Waals surface area contributed by atoms with E-state index in [-0.39, 0.29) is 22.0 Å². The minimum absolute atomic E-state index is 0.0541. The molecule has 0 fully saturated rings. The van der Waals surface area contributed by atoms with Gasteiger partial charge in [-0.05, 0) is 29.7 Å². The summed E-state index contributed by atoms with van der Waals surface area (Å²) in [6, 6.07) is 10.7. The molecule has 5 nitrogen and oxygen atoms in total. The fourth-order valence-electron chi connectivity index (χ4n) is 2.48. The zero-order chi connectivity index (χ0) is 19.8. The second kappa shape index (κ2) is 6.88. The summed E-state index contributed by atoms with van der Waals surface area (Å²) in [5, 5.41) is 18.8. The summed E-state index contributed by atoms with van der Waals surface area (Å²) in [6.45, 7) is 0. The average Bonchev–Trinajstić information content (AvgIpc) is 2.60. The number of primary amides is 1. The highest BCUT2D eigenvalue weighted by atomic mass is 35.5. The number of hydrogen-bond donors (Lipinski definition) is 2. The fraction of sp³-hybridized carbons (Fsp3) is 0.0556. The van der Waals surface area contributed by atoms with Crippen molar-refractivity contribution in [3.05, 3.63) is 64.7 Å². The van der Waals surface area contributed by atoms with Crippen molar-refractivity contribution >= 4 is 39.7 Å². The molecule has 3 aromatic rings. The van der Waals surface area contributed by atoms with Gasteiger partial charge in [-0.15, -0.1) is 10.2 Å². The Hall–Kier alpha value is -3.13. The molecule has 1 amide bonds. The second-order valence-electron chi connectivity index (χ2n) is 5.57. The molecule has 0 aliphatic rings. The lowest BCUT2D eigenvalue weighted by atomic mass is 10.0. The molecule has 0 bridgehead atoms. The third-order valence-corrected chi connectivity index (χ3v) is 4.11. The molecule has 3 aromatic carbocycles. The van der Waals surface area contributed by atoms with Crippen LogP contribution in [-0.4, -0.2) is 11.0 Å². The molecule has 0 saturated heterocycles. The first-order valence-electron chi connectivity index (χ1n) is 7.51. The van der Waals surface area contributed by atoms with E-state index in [9.17, 15) is 23.1 Å². The van der Waals surface area contributed by atoms with E-state index in [1.807, 2.05) is 0 Å². The first-order chi connectivity index (χ1) is 12.7. The Bertz CT molecular complexity index is 1080. The number of fused-ring (bicyclic) bond motifs is 1. The molecule has 3 N–H and O–H groups in total. The van der Waals surface area contributed by atoms with Crippen LogP contribution in [0, 0.1) is 0 Å². The van der Waals surface area contributed by atoms with Crippen molar-refractivity contribution in [2.45, 2.75) is 6.18 Å². The number of carbonyl (C=O) groups excluding carboxylic acids is 1. The number of alkyl halides is 3. The molecule has 0 aliphatic carbocycles. The van der Waals surface area contributed by atoms with Gasteiger partial charge >= 0.3 is 6.18 Å². The lowest BCUT2D eigenvalue weighted by Crippen LogP contribution is -2.11. The van der Waals surface area contributed by atoms with Gasteiger partial charge in [0.15, 0.2) is 5.75 Å². The van der Waals surface area contributed by atoms with E-state index >= 15 is 0 Å². The number of phenols is 1. The maximum atomic E-state index is 12.9. The third-order valence-electron chi connectivity index (χ3n) is 3.79. The highest BCUT2D eigenvalue weighted by molar-refractivity contribution is 6.33. The number of rotatable bonds is 3.